The smallest absolute Gasteiger partial charge is 0.250 e. The molecule has 2 aliphatic rings. The Bertz CT molecular complexity index is 677. The van der Waals surface area contributed by atoms with E-state index < -0.39 is 10.0 Å². The molecule has 1 spiro atoms. The van der Waals surface area contributed by atoms with Gasteiger partial charge in [-0.25, -0.2) is 13.1 Å². The van der Waals surface area contributed by atoms with Crippen molar-refractivity contribution in [2.75, 3.05) is 32.7 Å². The van der Waals surface area contributed by atoms with E-state index in [0.29, 0.717) is 22.8 Å². The molecule has 6 nitrogen and oxygen atoms in total. The van der Waals surface area contributed by atoms with Gasteiger partial charge < -0.3 is 10.2 Å². The van der Waals surface area contributed by atoms with Gasteiger partial charge in [0.05, 0.1) is 10.9 Å². The maximum Gasteiger partial charge on any atom is 0.250 e. The van der Waals surface area contributed by atoms with Crippen molar-refractivity contribution >= 4 is 51.3 Å². The molecule has 2 N–H and O–H groups in total. The highest BCUT2D eigenvalue weighted by Crippen LogP contribution is 2.36. The number of thiophene rings is 1. The van der Waals surface area contributed by atoms with Crippen LogP contribution >= 0.6 is 35.3 Å². The summed E-state index contributed by atoms with van der Waals surface area (Å²) >= 11 is 6.73. The van der Waals surface area contributed by atoms with Crippen LogP contribution in [0, 0.1) is 5.41 Å². The summed E-state index contributed by atoms with van der Waals surface area (Å²) < 4.78 is 27.1. The standard InChI is InChI=1S/C14H20ClN3O3S2.ClH/c15-11-1-2-13(22-11)23(20,21)17-9-12(19)18-7-4-14(5-8-18)3-6-16-10-14;/h1-2,16-17H,3-10H2;1H. The first-order valence-electron chi connectivity index (χ1n) is 7.64. The molecule has 0 radical (unpaired) electrons. The molecule has 0 unspecified atom stereocenters. The highest BCUT2D eigenvalue weighted by Gasteiger charge is 2.38. The molecule has 0 saturated carbocycles. The Morgan fingerprint density at radius 3 is 2.58 bits per heavy atom. The lowest BCUT2D eigenvalue weighted by atomic mass is 9.78. The van der Waals surface area contributed by atoms with E-state index in [2.05, 4.69) is 10.0 Å². The Hall–Kier alpha value is -0.380. The second-order valence-electron chi connectivity index (χ2n) is 6.19. The van der Waals surface area contributed by atoms with Gasteiger partial charge in [-0.15, -0.1) is 23.7 Å². The molecule has 2 saturated heterocycles. The summed E-state index contributed by atoms with van der Waals surface area (Å²) in [6.07, 6.45) is 3.14. The van der Waals surface area contributed by atoms with Crippen LogP contribution < -0.4 is 10.0 Å². The van der Waals surface area contributed by atoms with Gasteiger partial charge in [0, 0.05) is 19.6 Å². The summed E-state index contributed by atoms with van der Waals surface area (Å²) in [6.45, 7) is 3.28. The maximum absolute atomic E-state index is 12.2. The van der Waals surface area contributed by atoms with E-state index in [1.165, 1.54) is 18.6 Å². The van der Waals surface area contributed by atoms with E-state index in [0.717, 1.165) is 37.3 Å². The molecular formula is C14H21Cl2N3O3S2. The zero-order valence-corrected chi connectivity index (χ0v) is 16.3. The number of rotatable bonds is 4. The van der Waals surface area contributed by atoms with Gasteiger partial charge in [0.15, 0.2) is 0 Å². The molecule has 0 atom stereocenters. The van der Waals surface area contributed by atoms with Crippen LogP contribution in [0.1, 0.15) is 19.3 Å². The Labute approximate surface area is 157 Å². The first-order chi connectivity index (χ1) is 10.9. The molecule has 3 rings (SSSR count). The number of piperidine rings is 1. The van der Waals surface area contributed by atoms with Crippen molar-refractivity contribution in [3.05, 3.63) is 16.5 Å². The van der Waals surface area contributed by atoms with Crippen LogP contribution in [-0.4, -0.2) is 51.9 Å². The monoisotopic (exact) mass is 413 g/mol. The number of hydrogen-bond donors (Lipinski definition) is 2. The first-order valence-corrected chi connectivity index (χ1v) is 10.3. The zero-order chi connectivity index (χ0) is 16.5. The number of likely N-dealkylation sites (tertiary alicyclic amines) is 1. The molecule has 1 amide bonds. The van der Waals surface area contributed by atoms with Crippen LogP contribution in [0.5, 0.6) is 0 Å². The Kier molecular flexibility index (Phi) is 6.55. The second kappa shape index (κ2) is 7.88. The van der Waals surface area contributed by atoms with Crippen molar-refractivity contribution in [1.82, 2.24) is 14.9 Å². The third kappa shape index (κ3) is 4.42. The average molecular weight is 414 g/mol. The van der Waals surface area contributed by atoms with Gasteiger partial charge in [-0.2, -0.15) is 0 Å². The molecule has 0 aliphatic carbocycles. The third-order valence-corrected chi connectivity index (χ3v) is 7.86. The normalized spacial score (nSPS) is 20.1. The molecular weight excluding hydrogens is 393 g/mol. The number of hydrogen-bond acceptors (Lipinski definition) is 5. The van der Waals surface area contributed by atoms with Crippen molar-refractivity contribution in [2.45, 2.75) is 23.5 Å². The third-order valence-electron chi connectivity index (χ3n) is 4.74. The van der Waals surface area contributed by atoms with Crippen LogP contribution in [-0.2, 0) is 14.8 Å². The molecule has 2 aliphatic heterocycles. The summed E-state index contributed by atoms with van der Waals surface area (Å²) in [7, 11) is -3.67. The molecule has 1 aromatic rings. The highest BCUT2D eigenvalue weighted by molar-refractivity contribution is 7.91. The van der Waals surface area contributed by atoms with Gasteiger partial charge in [0.1, 0.15) is 4.21 Å². The number of nitrogens with zero attached hydrogens (tertiary/aromatic N) is 1. The van der Waals surface area contributed by atoms with Gasteiger partial charge in [-0.3, -0.25) is 4.79 Å². The Morgan fingerprint density at radius 2 is 2.04 bits per heavy atom. The summed E-state index contributed by atoms with van der Waals surface area (Å²) in [6, 6.07) is 2.97. The summed E-state index contributed by atoms with van der Waals surface area (Å²) in [5.74, 6) is -0.169. The minimum atomic E-state index is -3.67. The average Bonchev–Trinajstić information content (AvgIpc) is 3.16. The summed E-state index contributed by atoms with van der Waals surface area (Å²) in [4.78, 5) is 14.0. The minimum Gasteiger partial charge on any atom is -0.342 e. The quantitative estimate of drug-likeness (QED) is 0.786. The fraction of sp³-hybridized carbons (Fsp3) is 0.643. The van der Waals surface area contributed by atoms with Crippen LogP contribution in [0.2, 0.25) is 4.34 Å². The fourth-order valence-electron chi connectivity index (χ4n) is 3.23. The number of carbonyl (C=O) groups is 1. The predicted molar refractivity (Wildman–Crippen MR) is 97.5 cm³/mol. The van der Waals surface area contributed by atoms with Crippen LogP contribution in [0.3, 0.4) is 0 Å². The zero-order valence-electron chi connectivity index (χ0n) is 13.1. The lowest BCUT2D eigenvalue weighted by Gasteiger charge is -2.38. The number of nitrogens with one attached hydrogen (secondary N) is 2. The SMILES string of the molecule is Cl.O=C(CNS(=O)(=O)c1ccc(Cl)s1)N1CCC2(CCNC2)CC1. The van der Waals surface area contributed by atoms with Gasteiger partial charge in [-0.1, -0.05) is 11.6 Å². The van der Waals surface area contributed by atoms with Gasteiger partial charge in [0.2, 0.25) is 5.91 Å². The summed E-state index contributed by atoms with van der Waals surface area (Å²) in [5.41, 5.74) is 0.337. The van der Waals surface area contributed by atoms with Crippen LogP contribution in [0.4, 0.5) is 0 Å². The molecule has 0 aromatic carbocycles. The fourth-order valence-corrected chi connectivity index (χ4v) is 5.74. The van der Waals surface area contributed by atoms with E-state index in [1.807, 2.05) is 0 Å². The van der Waals surface area contributed by atoms with Crippen molar-refractivity contribution in [2.24, 2.45) is 5.41 Å². The molecule has 3 heterocycles. The van der Waals surface area contributed by atoms with Gasteiger partial charge in [0.25, 0.3) is 10.0 Å². The van der Waals surface area contributed by atoms with Crippen LogP contribution in [0.25, 0.3) is 0 Å². The first kappa shape index (κ1) is 19.9. The van der Waals surface area contributed by atoms with Crippen LogP contribution in [0.15, 0.2) is 16.3 Å². The van der Waals surface area contributed by atoms with Crippen molar-refractivity contribution < 1.29 is 13.2 Å². The molecule has 1 aromatic heterocycles. The van der Waals surface area contributed by atoms with Crippen molar-refractivity contribution in [3.63, 3.8) is 0 Å². The largest absolute Gasteiger partial charge is 0.342 e. The minimum absolute atomic E-state index is 0. The summed E-state index contributed by atoms with van der Waals surface area (Å²) in [5, 5.41) is 3.39. The topological polar surface area (TPSA) is 78.5 Å². The van der Waals surface area contributed by atoms with Gasteiger partial charge >= 0.3 is 0 Å². The number of sulfonamides is 1. The van der Waals surface area contributed by atoms with E-state index in [-0.39, 0.29) is 29.1 Å². The van der Waals surface area contributed by atoms with Crippen molar-refractivity contribution in [1.29, 1.82) is 0 Å². The van der Waals surface area contributed by atoms with E-state index in [4.69, 9.17) is 11.6 Å². The molecule has 2 fully saturated rings. The molecule has 10 heteroatoms. The molecule has 136 valence electrons. The lowest BCUT2D eigenvalue weighted by Crippen LogP contribution is -2.47. The second-order valence-corrected chi connectivity index (χ2v) is 9.90. The number of halogens is 2. The van der Waals surface area contributed by atoms with Crippen molar-refractivity contribution in [3.8, 4) is 0 Å². The highest BCUT2D eigenvalue weighted by atomic mass is 35.5. The number of carbonyl (C=O) groups excluding carboxylic acids is 1. The van der Waals surface area contributed by atoms with E-state index in [9.17, 15) is 13.2 Å². The number of amides is 1. The molecule has 0 bridgehead atoms. The van der Waals surface area contributed by atoms with E-state index >= 15 is 0 Å². The van der Waals surface area contributed by atoms with E-state index in [1.54, 1.807) is 4.90 Å². The maximum atomic E-state index is 12.2. The Balaban J connectivity index is 0.00000208. The van der Waals surface area contributed by atoms with Gasteiger partial charge in [-0.05, 0) is 43.4 Å². The Morgan fingerprint density at radius 1 is 1.33 bits per heavy atom. The molecule has 24 heavy (non-hydrogen) atoms. The predicted octanol–water partition coefficient (Wildman–Crippen LogP) is 1.70. The lowest BCUT2D eigenvalue weighted by molar-refractivity contribution is -0.132.